The molecule has 6 aromatic carbocycles. The normalized spacial score (nSPS) is 20.6. The maximum absolute atomic E-state index is 2.89. The molecular formula is C57H61BN2S. The molecule has 2 nitrogen and oxygen atoms in total. The average molecular weight is 817 g/mol. The minimum atomic E-state index is -0.0295. The number of nitrogens with zero attached hydrogens (tertiary/aromatic N) is 2. The van der Waals surface area contributed by atoms with E-state index in [0.29, 0.717) is 0 Å². The van der Waals surface area contributed by atoms with Crippen LogP contribution in [0.3, 0.4) is 0 Å². The van der Waals surface area contributed by atoms with Gasteiger partial charge < -0.3 is 9.80 Å². The van der Waals surface area contributed by atoms with Gasteiger partial charge in [0.05, 0.1) is 11.2 Å². The van der Waals surface area contributed by atoms with Gasteiger partial charge in [0.25, 0.3) is 6.71 Å². The third-order valence-electron chi connectivity index (χ3n) is 15.7. The Labute approximate surface area is 369 Å². The SMILES string of the molecule is Cc1cc2c3c(c1)N1c4c(cc(C(C)(C)C)cc4C4(C)CCCCC14C)B3c1cc3c(cc1N2c1ccc(C(C)(C)C)cc1-c1ccccc1)sc1cc(C(C)(C)C)ccc13. The standard InChI is InChI=1S/C57H61BN2S/c1-34-26-47-51-48(27-34)60-52-42(56(11)24-16-17-25-57(56,60)12)29-38(55(8,9)10)30-44(52)58(51)43-32-41-39-22-20-37(54(5,6)7)31-49(39)61-50(41)33-46(43)59(47)45-23-21-36(53(2,3)4)28-40(45)35-18-14-13-15-19-35/h13-15,18-23,26-33H,16-17,24-25H2,1-12H3. The molecule has 308 valence electrons. The molecule has 4 heterocycles. The van der Waals surface area contributed by atoms with Crippen LogP contribution in [0, 0.1) is 6.92 Å². The van der Waals surface area contributed by atoms with Crippen LogP contribution in [-0.2, 0) is 21.7 Å². The Morgan fingerprint density at radius 2 is 1.23 bits per heavy atom. The highest BCUT2D eigenvalue weighted by Crippen LogP contribution is 2.62. The lowest BCUT2D eigenvalue weighted by atomic mass is 9.33. The first-order chi connectivity index (χ1) is 28.8. The average Bonchev–Trinajstić information content (AvgIpc) is 3.66. The molecule has 0 bridgehead atoms. The Morgan fingerprint density at radius 1 is 0.574 bits per heavy atom. The molecule has 3 aliphatic heterocycles. The molecule has 1 aliphatic carbocycles. The molecule has 4 aliphatic rings. The maximum atomic E-state index is 2.89. The van der Waals surface area contributed by atoms with Gasteiger partial charge in [0.1, 0.15) is 0 Å². The van der Waals surface area contributed by atoms with Crippen LogP contribution in [0.15, 0.2) is 103 Å². The third kappa shape index (κ3) is 5.46. The van der Waals surface area contributed by atoms with E-state index in [-0.39, 0.29) is 33.9 Å². The quantitative estimate of drug-likeness (QED) is 0.160. The third-order valence-corrected chi connectivity index (χ3v) is 16.8. The molecule has 11 rings (SSSR count). The molecule has 0 spiro atoms. The summed E-state index contributed by atoms with van der Waals surface area (Å²) in [6, 6.07) is 41.3. The molecule has 61 heavy (non-hydrogen) atoms. The molecule has 1 saturated carbocycles. The van der Waals surface area contributed by atoms with Crippen molar-refractivity contribution in [3.8, 4) is 11.1 Å². The van der Waals surface area contributed by atoms with Gasteiger partial charge in [0.2, 0.25) is 0 Å². The summed E-state index contributed by atoms with van der Waals surface area (Å²) >= 11 is 1.96. The summed E-state index contributed by atoms with van der Waals surface area (Å²) in [7, 11) is 0. The number of thiophene rings is 1. The van der Waals surface area contributed by atoms with Gasteiger partial charge in [-0.3, -0.25) is 0 Å². The van der Waals surface area contributed by atoms with E-state index in [1.807, 2.05) is 11.3 Å². The Morgan fingerprint density at radius 3 is 1.95 bits per heavy atom. The van der Waals surface area contributed by atoms with Crippen LogP contribution >= 0.6 is 11.3 Å². The molecule has 2 atom stereocenters. The highest BCUT2D eigenvalue weighted by atomic mass is 32.1. The van der Waals surface area contributed by atoms with Crippen LogP contribution in [0.1, 0.15) is 130 Å². The molecule has 0 N–H and O–H groups in total. The van der Waals surface area contributed by atoms with Gasteiger partial charge in [-0.2, -0.15) is 0 Å². The van der Waals surface area contributed by atoms with E-state index in [4.69, 9.17) is 0 Å². The second-order valence-corrected chi connectivity index (χ2v) is 23.7. The number of benzene rings is 6. The molecule has 0 radical (unpaired) electrons. The molecule has 0 saturated heterocycles. The van der Waals surface area contributed by atoms with E-state index in [1.54, 1.807) is 5.56 Å². The van der Waals surface area contributed by atoms with Crippen molar-refractivity contribution < 1.29 is 0 Å². The van der Waals surface area contributed by atoms with Gasteiger partial charge in [0.15, 0.2) is 0 Å². The van der Waals surface area contributed by atoms with Crippen molar-refractivity contribution in [2.45, 2.75) is 136 Å². The molecule has 7 aromatic rings. The summed E-state index contributed by atoms with van der Waals surface area (Å²) in [6.45, 7) is 28.9. The van der Waals surface area contributed by atoms with Gasteiger partial charge in [-0.1, -0.05) is 149 Å². The number of rotatable bonds is 2. The van der Waals surface area contributed by atoms with Crippen molar-refractivity contribution in [3.63, 3.8) is 0 Å². The minimum absolute atomic E-state index is 0.00856. The van der Waals surface area contributed by atoms with Crippen molar-refractivity contribution in [2.24, 2.45) is 0 Å². The van der Waals surface area contributed by atoms with E-state index in [0.717, 1.165) is 0 Å². The summed E-state index contributed by atoms with van der Waals surface area (Å²) in [5.74, 6) is 0. The monoisotopic (exact) mass is 816 g/mol. The largest absolute Gasteiger partial charge is 0.335 e. The zero-order valence-corrected chi connectivity index (χ0v) is 39.3. The summed E-state index contributed by atoms with van der Waals surface area (Å²) in [5.41, 5.74) is 20.9. The maximum Gasteiger partial charge on any atom is 0.252 e. The summed E-state index contributed by atoms with van der Waals surface area (Å²) in [6.07, 6.45) is 4.97. The van der Waals surface area contributed by atoms with Crippen LogP contribution in [0.25, 0.3) is 31.3 Å². The molecule has 4 heteroatoms. The van der Waals surface area contributed by atoms with Gasteiger partial charge in [-0.25, -0.2) is 0 Å². The molecule has 0 amide bonds. The summed E-state index contributed by atoms with van der Waals surface area (Å²) in [4.78, 5) is 5.58. The lowest BCUT2D eigenvalue weighted by molar-refractivity contribution is 0.195. The highest BCUT2D eigenvalue weighted by molar-refractivity contribution is 7.26. The smallest absolute Gasteiger partial charge is 0.252 e. The van der Waals surface area contributed by atoms with Crippen LogP contribution in [0.4, 0.5) is 28.4 Å². The van der Waals surface area contributed by atoms with Crippen LogP contribution < -0.4 is 26.2 Å². The zero-order valence-electron chi connectivity index (χ0n) is 38.5. The fraction of sp³-hybridized carbons (Fsp3) is 0.368. The van der Waals surface area contributed by atoms with Gasteiger partial charge in [0, 0.05) is 48.5 Å². The first-order valence-electron chi connectivity index (χ1n) is 22.9. The molecule has 1 aromatic heterocycles. The fourth-order valence-corrected chi connectivity index (χ4v) is 13.1. The zero-order chi connectivity index (χ0) is 42.8. The number of hydrogen-bond acceptors (Lipinski definition) is 3. The van der Waals surface area contributed by atoms with Gasteiger partial charge in [-0.15, -0.1) is 11.3 Å². The minimum Gasteiger partial charge on any atom is -0.335 e. The Kier molecular flexibility index (Phi) is 8.11. The Balaban J connectivity index is 1.29. The van der Waals surface area contributed by atoms with E-state index in [2.05, 4.69) is 196 Å². The Bertz CT molecular complexity index is 2990. The number of aryl methyl sites for hydroxylation is 1. The van der Waals surface area contributed by atoms with E-state index >= 15 is 0 Å². The lowest BCUT2D eigenvalue weighted by Crippen LogP contribution is -2.64. The van der Waals surface area contributed by atoms with Gasteiger partial charge in [-0.05, 0) is 134 Å². The summed E-state index contributed by atoms with van der Waals surface area (Å²) < 4.78 is 2.73. The van der Waals surface area contributed by atoms with Crippen molar-refractivity contribution in [1.82, 2.24) is 0 Å². The van der Waals surface area contributed by atoms with Crippen LogP contribution in [0.5, 0.6) is 0 Å². The van der Waals surface area contributed by atoms with E-state index in [9.17, 15) is 0 Å². The first kappa shape index (κ1) is 39.1. The number of anilines is 5. The van der Waals surface area contributed by atoms with Crippen molar-refractivity contribution >= 4 is 83.0 Å². The van der Waals surface area contributed by atoms with E-state index in [1.165, 1.54) is 124 Å². The number of hydrogen-bond donors (Lipinski definition) is 0. The predicted octanol–water partition coefficient (Wildman–Crippen LogP) is 14.3. The van der Waals surface area contributed by atoms with Gasteiger partial charge >= 0.3 is 0 Å². The van der Waals surface area contributed by atoms with Crippen LogP contribution in [-0.4, -0.2) is 12.3 Å². The summed E-state index contributed by atoms with van der Waals surface area (Å²) in [5, 5.41) is 2.75. The van der Waals surface area contributed by atoms with Crippen LogP contribution in [0.2, 0.25) is 0 Å². The first-order valence-corrected chi connectivity index (χ1v) is 23.7. The van der Waals surface area contributed by atoms with E-state index < -0.39 is 0 Å². The van der Waals surface area contributed by atoms with Crippen molar-refractivity contribution in [3.05, 3.63) is 131 Å². The molecule has 2 unspecified atom stereocenters. The molecule has 1 fully saturated rings. The molecular weight excluding hydrogens is 756 g/mol. The topological polar surface area (TPSA) is 6.48 Å². The van der Waals surface area contributed by atoms with Crippen molar-refractivity contribution in [1.29, 1.82) is 0 Å². The second kappa shape index (κ2) is 12.7. The Hall–Kier alpha value is -4.80. The predicted molar refractivity (Wildman–Crippen MR) is 268 cm³/mol. The fourth-order valence-electron chi connectivity index (χ4n) is 11.9. The highest BCUT2D eigenvalue weighted by Gasteiger charge is 2.61. The lowest BCUT2D eigenvalue weighted by Gasteiger charge is -2.53. The second-order valence-electron chi connectivity index (χ2n) is 22.7. The van der Waals surface area contributed by atoms with Crippen molar-refractivity contribution in [2.75, 3.05) is 9.80 Å². The number of fused-ring (bicyclic) bond motifs is 10.